The maximum atomic E-state index is 14.4. The average molecular weight is 899 g/mol. The van der Waals surface area contributed by atoms with Crippen molar-refractivity contribution < 1.29 is 13.2 Å². The number of nitrogens with zero attached hydrogens (tertiary/aromatic N) is 6. The van der Waals surface area contributed by atoms with Crippen molar-refractivity contribution in [2.24, 2.45) is 0 Å². The summed E-state index contributed by atoms with van der Waals surface area (Å²) in [6, 6.07) is 68.3. The summed E-state index contributed by atoms with van der Waals surface area (Å²) in [7, 11) is 0. The van der Waals surface area contributed by atoms with Crippen molar-refractivity contribution >= 4 is 43.6 Å². The van der Waals surface area contributed by atoms with Crippen LogP contribution in [0.5, 0.6) is 0 Å². The first kappa shape index (κ1) is 41.3. The highest BCUT2D eigenvalue weighted by Crippen LogP contribution is 2.44. The molecule has 0 N–H and O–H groups in total. The largest absolute Gasteiger partial charge is 0.416 e. The van der Waals surface area contributed by atoms with E-state index in [0.717, 1.165) is 83.7 Å². The molecule has 12 aromatic rings. The van der Waals surface area contributed by atoms with Crippen LogP contribution in [0.25, 0.3) is 111 Å². The number of halogens is 3. The van der Waals surface area contributed by atoms with Gasteiger partial charge in [0.05, 0.1) is 45.0 Å². The number of aromatic nitrogens is 5. The molecule has 9 heteroatoms. The highest BCUT2D eigenvalue weighted by Gasteiger charge is 2.31. The Labute approximate surface area is 394 Å². The molecule has 0 aliphatic carbocycles. The number of aryl methyl sites for hydroxylation is 1. The summed E-state index contributed by atoms with van der Waals surface area (Å²) in [5.41, 5.74) is 11.7. The van der Waals surface area contributed by atoms with Gasteiger partial charge in [-0.1, -0.05) is 127 Å². The Kier molecular flexibility index (Phi) is 9.78. The minimum absolute atomic E-state index is 0.439. The zero-order valence-corrected chi connectivity index (χ0v) is 36.9. The summed E-state index contributed by atoms with van der Waals surface area (Å²) in [5.74, 6) is 1.44. The Morgan fingerprint density at radius 1 is 0.420 bits per heavy atom. The minimum atomic E-state index is -4.53. The maximum Gasteiger partial charge on any atom is 0.416 e. The second-order valence-electron chi connectivity index (χ2n) is 17.1. The minimum Gasteiger partial charge on any atom is -0.309 e. The second-order valence-corrected chi connectivity index (χ2v) is 17.1. The van der Waals surface area contributed by atoms with E-state index >= 15 is 0 Å². The van der Waals surface area contributed by atoms with Crippen molar-refractivity contribution in [1.29, 1.82) is 5.26 Å². The van der Waals surface area contributed by atoms with Crippen LogP contribution in [-0.2, 0) is 6.18 Å². The van der Waals surface area contributed by atoms with Crippen LogP contribution in [0.2, 0.25) is 0 Å². The van der Waals surface area contributed by atoms with E-state index in [0.29, 0.717) is 44.9 Å². The molecule has 0 aliphatic rings. The van der Waals surface area contributed by atoms with Gasteiger partial charge < -0.3 is 9.13 Å². The Morgan fingerprint density at radius 2 is 0.971 bits per heavy atom. The average Bonchev–Trinajstić information content (AvgIpc) is 3.90. The number of para-hydroxylation sites is 2. The van der Waals surface area contributed by atoms with Crippen LogP contribution in [0.3, 0.4) is 0 Å². The summed E-state index contributed by atoms with van der Waals surface area (Å²) < 4.78 is 47.5. The first-order chi connectivity index (χ1) is 33.7. The number of hydrogen-bond donors (Lipinski definition) is 0. The van der Waals surface area contributed by atoms with Gasteiger partial charge in [-0.2, -0.15) is 18.4 Å². The molecule has 3 heterocycles. The predicted molar refractivity (Wildman–Crippen MR) is 270 cm³/mol. The van der Waals surface area contributed by atoms with Gasteiger partial charge in [0, 0.05) is 49.5 Å². The third-order valence-corrected chi connectivity index (χ3v) is 12.9. The standard InChI is InChI=1S/C60H37F3N6/c1-37-20-29-54-49(32-37)45-16-8-10-18-52(45)68(54)44-27-28-47(59-66-57(40-12-4-2-5-13-40)65-58(67-59)41-14-6-3-7-15-41)48(35-44)50-33-42(39-23-21-38(36-64)22-24-39)25-30-55(50)69-53-19-11-9-17-46(53)51-34-43(60(61,62)63)26-31-56(51)69/h2-35H,1H3. The van der Waals surface area contributed by atoms with Crippen LogP contribution in [0.4, 0.5) is 13.2 Å². The zero-order valence-electron chi connectivity index (χ0n) is 36.9. The normalized spacial score (nSPS) is 11.8. The molecule has 0 aliphatic heterocycles. The first-order valence-corrected chi connectivity index (χ1v) is 22.5. The number of fused-ring (bicyclic) bond motifs is 6. The van der Waals surface area contributed by atoms with Crippen LogP contribution in [0.1, 0.15) is 16.7 Å². The number of hydrogen-bond acceptors (Lipinski definition) is 4. The quantitative estimate of drug-likeness (QED) is 0.160. The van der Waals surface area contributed by atoms with Crippen molar-refractivity contribution in [3.8, 4) is 73.9 Å². The van der Waals surface area contributed by atoms with Crippen molar-refractivity contribution in [2.45, 2.75) is 13.1 Å². The molecule has 9 aromatic carbocycles. The van der Waals surface area contributed by atoms with Gasteiger partial charge in [-0.3, -0.25) is 0 Å². The molecular formula is C60H37F3N6. The number of benzene rings is 9. The third-order valence-electron chi connectivity index (χ3n) is 12.9. The van der Waals surface area contributed by atoms with Gasteiger partial charge in [0.25, 0.3) is 0 Å². The Hall–Kier alpha value is -9.13. The Bertz CT molecular complexity index is 3960. The summed E-state index contributed by atoms with van der Waals surface area (Å²) in [5, 5.41) is 13.1. The molecule has 0 atom stereocenters. The lowest BCUT2D eigenvalue weighted by Gasteiger charge is -2.20. The van der Waals surface area contributed by atoms with Crippen LogP contribution < -0.4 is 0 Å². The van der Waals surface area contributed by atoms with E-state index in [4.69, 9.17) is 15.0 Å². The van der Waals surface area contributed by atoms with Gasteiger partial charge in [-0.25, -0.2) is 15.0 Å². The lowest BCUT2D eigenvalue weighted by Crippen LogP contribution is -2.05. The molecule has 0 radical (unpaired) electrons. The fourth-order valence-electron chi connectivity index (χ4n) is 9.66. The molecule has 69 heavy (non-hydrogen) atoms. The van der Waals surface area contributed by atoms with Crippen molar-refractivity contribution in [1.82, 2.24) is 24.1 Å². The van der Waals surface area contributed by atoms with Crippen LogP contribution in [-0.4, -0.2) is 24.1 Å². The van der Waals surface area contributed by atoms with Crippen molar-refractivity contribution in [3.63, 3.8) is 0 Å². The maximum absolute atomic E-state index is 14.4. The SMILES string of the molecule is Cc1ccc2c(c1)c1ccccc1n2-c1ccc(-c2nc(-c3ccccc3)nc(-c3ccccc3)n2)c(-c2cc(-c3ccc(C#N)cc3)ccc2-n2c3ccccc3c3cc(C(F)(F)F)ccc32)c1. The van der Waals surface area contributed by atoms with Crippen LogP contribution >= 0.6 is 0 Å². The lowest BCUT2D eigenvalue weighted by atomic mass is 9.92. The summed E-state index contributed by atoms with van der Waals surface area (Å²) >= 11 is 0. The summed E-state index contributed by atoms with van der Waals surface area (Å²) in [6.45, 7) is 2.10. The second kappa shape index (κ2) is 16.3. The van der Waals surface area contributed by atoms with Gasteiger partial charge in [0.1, 0.15) is 0 Å². The summed E-state index contributed by atoms with van der Waals surface area (Å²) in [4.78, 5) is 15.5. The zero-order chi connectivity index (χ0) is 46.8. The van der Waals surface area contributed by atoms with Crippen molar-refractivity contribution in [3.05, 3.63) is 223 Å². The molecule has 0 saturated carbocycles. The van der Waals surface area contributed by atoms with E-state index < -0.39 is 11.7 Å². The molecule has 12 rings (SSSR count). The number of nitriles is 1. The van der Waals surface area contributed by atoms with Gasteiger partial charge >= 0.3 is 6.18 Å². The van der Waals surface area contributed by atoms with E-state index in [1.807, 2.05) is 115 Å². The van der Waals surface area contributed by atoms with Crippen molar-refractivity contribution in [2.75, 3.05) is 0 Å². The van der Waals surface area contributed by atoms with Crippen LogP contribution in [0.15, 0.2) is 206 Å². The highest BCUT2D eigenvalue weighted by molar-refractivity contribution is 6.11. The third kappa shape index (κ3) is 7.18. The molecular weight excluding hydrogens is 862 g/mol. The van der Waals surface area contributed by atoms with E-state index in [1.54, 1.807) is 18.2 Å². The van der Waals surface area contributed by atoms with E-state index in [9.17, 15) is 18.4 Å². The molecule has 0 spiro atoms. The Morgan fingerprint density at radius 3 is 1.62 bits per heavy atom. The molecule has 0 bridgehead atoms. The van der Waals surface area contributed by atoms with E-state index in [2.05, 4.69) is 82.8 Å². The van der Waals surface area contributed by atoms with E-state index in [-0.39, 0.29) is 0 Å². The lowest BCUT2D eigenvalue weighted by molar-refractivity contribution is -0.137. The van der Waals surface area contributed by atoms with Gasteiger partial charge in [0.2, 0.25) is 0 Å². The topological polar surface area (TPSA) is 72.3 Å². The highest BCUT2D eigenvalue weighted by atomic mass is 19.4. The molecule has 0 amide bonds. The number of alkyl halides is 3. The predicted octanol–water partition coefficient (Wildman–Crippen LogP) is 15.6. The molecule has 0 unspecified atom stereocenters. The van der Waals surface area contributed by atoms with Gasteiger partial charge in [-0.05, 0) is 109 Å². The molecule has 0 saturated heterocycles. The van der Waals surface area contributed by atoms with Gasteiger partial charge in [-0.15, -0.1) is 0 Å². The van der Waals surface area contributed by atoms with E-state index in [1.165, 1.54) is 6.07 Å². The molecule has 3 aromatic heterocycles. The van der Waals surface area contributed by atoms with Crippen LogP contribution in [0, 0.1) is 18.3 Å². The molecule has 6 nitrogen and oxygen atoms in total. The fraction of sp³-hybridized carbons (Fsp3) is 0.0333. The monoisotopic (exact) mass is 898 g/mol. The molecule has 0 fully saturated rings. The number of rotatable bonds is 7. The first-order valence-electron chi connectivity index (χ1n) is 22.5. The summed E-state index contributed by atoms with van der Waals surface area (Å²) in [6.07, 6.45) is -4.53. The smallest absolute Gasteiger partial charge is 0.309 e. The Balaban J connectivity index is 1.21. The molecule has 328 valence electrons. The fourth-order valence-corrected chi connectivity index (χ4v) is 9.66. The van der Waals surface area contributed by atoms with Gasteiger partial charge in [0.15, 0.2) is 17.5 Å².